The largest absolute Gasteiger partial charge is 0.416 e. The number of carbonyl (C=O) groups is 1. The molecule has 0 spiro atoms. The van der Waals surface area contributed by atoms with Gasteiger partial charge in [0.05, 0.1) is 4.92 Å². The van der Waals surface area contributed by atoms with Crippen LogP contribution in [0.2, 0.25) is 0 Å². The number of aromatic nitrogens is 2. The van der Waals surface area contributed by atoms with Crippen LogP contribution in [0.25, 0.3) is 0 Å². The number of nitrogens with zero attached hydrogens (tertiary/aromatic N) is 3. The first-order valence-corrected chi connectivity index (χ1v) is 11.5. The van der Waals surface area contributed by atoms with E-state index in [0.717, 1.165) is 48.6 Å². The molecule has 3 aromatic rings. The highest BCUT2D eigenvalue weighted by Gasteiger charge is 2.28. The average Bonchev–Trinajstić information content (AvgIpc) is 3.28. The van der Waals surface area contributed by atoms with Gasteiger partial charge < -0.3 is 9.73 Å². The molecule has 9 heteroatoms. The molecule has 1 atom stereocenters. The van der Waals surface area contributed by atoms with Gasteiger partial charge in [-0.15, -0.1) is 10.2 Å². The quantitative estimate of drug-likeness (QED) is 0.274. The molecule has 1 saturated carbocycles. The summed E-state index contributed by atoms with van der Waals surface area (Å²) < 4.78 is 5.91. The molecule has 0 radical (unpaired) electrons. The fourth-order valence-electron chi connectivity index (χ4n) is 3.88. The smallest absolute Gasteiger partial charge is 0.293 e. The summed E-state index contributed by atoms with van der Waals surface area (Å²) in [5.74, 6) is 0.490. The van der Waals surface area contributed by atoms with Crippen molar-refractivity contribution in [1.82, 2.24) is 10.2 Å². The number of anilines is 1. The first kappa shape index (κ1) is 22.0. The van der Waals surface area contributed by atoms with Gasteiger partial charge in [-0.1, -0.05) is 55.7 Å². The third-order valence-corrected chi connectivity index (χ3v) is 6.63. The standard InChI is InChI=1S/C23H24N4O4S/c1-15-12-13-18(19(14-15)27(29)30)24-21(28)20(16-8-4-2-5-9-16)32-23-26-25-22(31-23)17-10-6-3-7-11-17/h2,4-5,8-9,12-14,17,20H,3,6-7,10-11H2,1H3,(H,24,28). The lowest BCUT2D eigenvalue weighted by Gasteiger charge is -2.17. The van der Waals surface area contributed by atoms with E-state index in [1.165, 1.54) is 12.5 Å². The minimum absolute atomic E-state index is 0.146. The van der Waals surface area contributed by atoms with Crippen molar-refractivity contribution in [2.75, 3.05) is 5.32 Å². The molecule has 1 aromatic heterocycles. The molecule has 4 rings (SSSR count). The number of thioether (sulfide) groups is 1. The van der Waals surface area contributed by atoms with Gasteiger partial charge in [0.15, 0.2) is 0 Å². The SMILES string of the molecule is Cc1ccc(NC(=O)C(Sc2nnc(C3CCCCC3)o2)c2ccccc2)c([N+](=O)[O-])c1. The molecule has 1 N–H and O–H groups in total. The number of hydrogen-bond acceptors (Lipinski definition) is 7. The Labute approximate surface area is 190 Å². The first-order chi connectivity index (χ1) is 15.5. The van der Waals surface area contributed by atoms with Gasteiger partial charge in [-0.3, -0.25) is 14.9 Å². The number of nitro benzene ring substituents is 1. The molecule has 1 aliphatic rings. The lowest BCUT2D eigenvalue weighted by atomic mass is 9.89. The summed E-state index contributed by atoms with van der Waals surface area (Å²) in [6, 6.07) is 13.9. The van der Waals surface area contributed by atoms with Crippen molar-refractivity contribution in [2.24, 2.45) is 0 Å². The number of amides is 1. The summed E-state index contributed by atoms with van der Waals surface area (Å²) in [6.45, 7) is 1.76. The number of rotatable bonds is 7. The predicted molar refractivity (Wildman–Crippen MR) is 122 cm³/mol. The summed E-state index contributed by atoms with van der Waals surface area (Å²) >= 11 is 1.15. The fraction of sp³-hybridized carbons (Fsp3) is 0.348. The number of carbonyl (C=O) groups excluding carboxylic acids is 1. The molecule has 8 nitrogen and oxygen atoms in total. The van der Waals surface area contributed by atoms with Crippen LogP contribution in [0.15, 0.2) is 58.2 Å². The van der Waals surface area contributed by atoms with Gasteiger partial charge in [0, 0.05) is 12.0 Å². The molecular formula is C23H24N4O4S. The van der Waals surface area contributed by atoms with Crippen molar-refractivity contribution in [3.8, 4) is 0 Å². The second kappa shape index (κ2) is 9.95. The number of benzene rings is 2. The van der Waals surface area contributed by atoms with Gasteiger partial charge in [0.25, 0.3) is 10.9 Å². The van der Waals surface area contributed by atoms with E-state index >= 15 is 0 Å². The summed E-state index contributed by atoms with van der Waals surface area (Å²) in [5.41, 5.74) is 1.49. The van der Waals surface area contributed by atoms with E-state index in [0.29, 0.717) is 11.1 Å². The van der Waals surface area contributed by atoms with E-state index in [4.69, 9.17) is 4.42 Å². The van der Waals surface area contributed by atoms with Gasteiger partial charge in [-0.05, 0) is 48.7 Å². The molecule has 1 amide bonds. The lowest BCUT2D eigenvalue weighted by molar-refractivity contribution is -0.384. The molecule has 1 fully saturated rings. The van der Waals surface area contributed by atoms with Crippen LogP contribution in [0.4, 0.5) is 11.4 Å². The highest BCUT2D eigenvalue weighted by Crippen LogP contribution is 2.39. The van der Waals surface area contributed by atoms with Crippen molar-refractivity contribution in [2.45, 2.75) is 55.4 Å². The highest BCUT2D eigenvalue weighted by molar-refractivity contribution is 8.00. The maximum atomic E-state index is 13.2. The highest BCUT2D eigenvalue weighted by atomic mass is 32.2. The molecule has 0 saturated heterocycles. The molecule has 2 aromatic carbocycles. The first-order valence-electron chi connectivity index (χ1n) is 10.6. The molecular weight excluding hydrogens is 428 g/mol. The van der Waals surface area contributed by atoms with Crippen molar-refractivity contribution in [3.05, 3.63) is 75.7 Å². The second-order valence-corrected chi connectivity index (χ2v) is 8.97. The number of hydrogen-bond donors (Lipinski definition) is 1. The minimum atomic E-state index is -0.711. The zero-order valence-electron chi connectivity index (χ0n) is 17.7. The number of aryl methyl sites for hydroxylation is 1. The van der Waals surface area contributed by atoms with E-state index in [1.54, 1.807) is 19.1 Å². The molecule has 166 valence electrons. The van der Waals surface area contributed by atoms with Crippen LogP contribution in [0.5, 0.6) is 0 Å². The van der Waals surface area contributed by atoms with Gasteiger partial charge in [0.2, 0.25) is 11.8 Å². The van der Waals surface area contributed by atoms with E-state index in [-0.39, 0.29) is 17.3 Å². The van der Waals surface area contributed by atoms with Crippen molar-refractivity contribution in [3.63, 3.8) is 0 Å². The lowest BCUT2D eigenvalue weighted by Crippen LogP contribution is -2.19. The van der Waals surface area contributed by atoms with E-state index in [9.17, 15) is 14.9 Å². The molecule has 1 aliphatic carbocycles. The van der Waals surface area contributed by atoms with Gasteiger partial charge in [-0.2, -0.15) is 0 Å². The third kappa shape index (κ3) is 5.16. The van der Waals surface area contributed by atoms with Gasteiger partial charge in [0.1, 0.15) is 10.9 Å². The molecule has 32 heavy (non-hydrogen) atoms. The molecule has 1 unspecified atom stereocenters. The Bertz CT molecular complexity index is 1100. The van der Waals surface area contributed by atoms with Crippen molar-refractivity contribution < 1.29 is 14.1 Å². The Morgan fingerprint density at radius 2 is 1.91 bits per heavy atom. The third-order valence-electron chi connectivity index (χ3n) is 5.54. The van der Waals surface area contributed by atoms with Gasteiger partial charge in [-0.25, -0.2) is 0 Å². The maximum Gasteiger partial charge on any atom is 0.293 e. The Morgan fingerprint density at radius 1 is 1.16 bits per heavy atom. The van der Waals surface area contributed by atoms with Crippen molar-refractivity contribution in [1.29, 1.82) is 0 Å². The molecule has 0 aliphatic heterocycles. The minimum Gasteiger partial charge on any atom is -0.416 e. The molecule has 1 heterocycles. The second-order valence-electron chi connectivity index (χ2n) is 7.92. The van der Waals surface area contributed by atoms with Gasteiger partial charge >= 0.3 is 0 Å². The van der Waals surface area contributed by atoms with Crippen LogP contribution < -0.4 is 5.32 Å². The average molecular weight is 453 g/mol. The monoisotopic (exact) mass is 452 g/mol. The Kier molecular flexibility index (Phi) is 6.84. The van der Waals surface area contributed by atoms with Crippen molar-refractivity contribution >= 4 is 29.0 Å². The normalized spacial score (nSPS) is 15.3. The van der Waals surface area contributed by atoms with Crippen LogP contribution >= 0.6 is 11.8 Å². The zero-order chi connectivity index (χ0) is 22.5. The molecule has 0 bridgehead atoms. The Morgan fingerprint density at radius 3 is 2.62 bits per heavy atom. The Hall–Kier alpha value is -3.20. The number of nitrogens with one attached hydrogen (secondary N) is 1. The fourth-order valence-corrected chi connectivity index (χ4v) is 4.76. The summed E-state index contributed by atoms with van der Waals surface area (Å²) in [5, 5.41) is 22.2. The maximum absolute atomic E-state index is 13.2. The topological polar surface area (TPSA) is 111 Å². The van der Waals surface area contributed by atoms with E-state index in [1.807, 2.05) is 30.3 Å². The Balaban J connectivity index is 1.57. The van der Waals surface area contributed by atoms with Crippen LogP contribution in [0.3, 0.4) is 0 Å². The van der Waals surface area contributed by atoms with Crippen LogP contribution in [0, 0.1) is 17.0 Å². The van der Waals surface area contributed by atoms with E-state index in [2.05, 4.69) is 15.5 Å². The zero-order valence-corrected chi connectivity index (χ0v) is 18.5. The summed E-state index contributed by atoms with van der Waals surface area (Å²) in [4.78, 5) is 24.2. The number of nitro groups is 1. The van der Waals surface area contributed by atoms with Crippen LogP contribution in [0.1, 0.15) is 60.3 Å². The van der Waals surface area contributed by atoms with Crippen LogP contribution in [-0.4, -0.2) is 21.0 Å². The van der Waals surface area contributed by atoms with E-state index < -0.39 is 16.1 Å². The predicted octanol–water partition coefficient (Wildman–Crippen LogP) is 5.81. The van der Waals surface area contributed by atoms with Crippen LogP contribution in [-0.2, 0) is 4.79 Å². The summed E-state index contributed by atoms with van der Waals surface area (Å²) in [6.07, 6.45) is 5.60. The summed E-state index contributed by atoms with van der Waals surface area (Å²) in [7, 11) is 0.